The van der Waals surface area contributed by atoms with Crippen molar-refractivity contribution in [2.24, 2.45) is 5.10 Å². The molecule has 27 heavy (non-hydrogen) atoms. The summed E-state index contributed by atoms with van der Waals surface area (Å²) in [6.07, 6.45) is 7.92. The molecule has 0 aliphatic heterocycles. The molecule has 0 radical (unpaired) electrons. The van der Waals surface area contributed by atoms with Crippen molar-refractivity contribution in [3.63, 3.8) is 0 Å². The lowest BCUT2D eigenvalue weighted by molar-refractivity contribution is 0.304. The van der Waals surface area contributed by atoms with Crippen molar-refractivity contribution in [1.82, 2.24) is 9.97 Å². The number of ether oxygens (including phenoxy) is 1. The Morgan fingerprint density at radius 2 is 1.96 bits per heavy atom. The Labute approximate surface area is 160 Å². The number of aromatic nitrogens is 2. The van der Waals surface area contributed by atoms with Gasteiger partial charge in [0.25, 0.3) is 0 Å². The third kappa shape index (κ3) is 5.58. The number of hydrazone groups is 1. The van der Waals surface area contributed by atoms with Crippen LogP contribution < -0.4 is 10.2 Å². The molecular formula is C22H28N4O. The highest BCUT2D eigenvalue weighted by Gasteiger charge is 2.03. The topological polar surface area (TPSA) is 62.3 Å². The fraction of sp³-hybridized carbons (Fsp3) is 0.364. The van der Waals surface area contributed by atoms with Gasteiger partial charge in [0, 0.05) is 5.56 Å². The van der Waals surface area contributed by atoms with E-state index in [1.165, 1.54) is 31.2 Å². The Balaban J connectivity index is 1.56. The van der Waals surface area contributed by atoms with Gasteiger partial charge in [-0.25, -0.2) is 10.4 Å². The predicted octanol–water partition coefficient (Wildman–Crippen LogP) is 5.67. The molecule has 0 amide bonds. The van der Waals surface area contributed by atoms with Crippen LogP contribution in [0.2, 0.25) is 0 Å². The number of para-hydroxylation sites is 1. The smallest absolute Gasteiger partial charge is 0.222 e. The molecule has 0 fully saturated rings. The molecule has 5 nitrogen and oxygen atoms in total. The van der Waals surface area contributed by atoms with E-state index >= 15 is 0 Å². The Kier molecular flexibility index (Phi) is 6.85. The van der Waals surface area contributed by atoms with Crippen molar-refractivity contribution in [3.05, 3.63) is 53.6 Å². The maximum Gasteiger partial charge on any atom is 0.222 e. The van der Waals surface area contributed by atoms with Crippen molar-refractivity contribution in [2.45, 2.75) is 46.0 Å². The summed E-state index contributed by atoms with van der Waals surface area (Å²) in [4.78, 5) is 7.71. The molecule has 5 heteroatoms. The summed E-state index contributed by atoms with van der Waals surface area (Å²) in [5, 5.41) is 4.31. The van der Waals surface area contributed by atoms with Gasteiger partial charge in [0.05, 0.1) is 23.9 Å². The molecule has 0 saturated carbocycles. The molecule has 3 aromatic rings. The van der Waals surface area contributed by atoms with Gasteiger partial charge in [0.1, 0.15) is 5.75 Å². The van der Waals surface area contributed by atoms with E-state index < -0.39 is 0 Å². The Hall–Kier alpha value is -2.82. The van der Waals surface area contributed by atoms with E-state index in [4.69, 9.17) is 4.74 Å². The van der Waals surface area contributed by atoms with Crippen molar-refractivity contribution in [3.8, 4) is 5.75 Å². The molecule has 1 aromatic heterocycles. The lowest BCUT2D eigenvalue weighted by atomic mass is 10.2. The number of hydrogen-bond acceptors (Lipinski definition) is 4. The molecule has 0 unspecified atom stereocenters. The van der Waals surface area contributed by atoms with Crippen LogP contribution in [0.4, 0.5) is 5.95 Å². The number of imidazole rings is 1. The number of aromatic amines is 1. The third-order valence-corrected chi connectivity index (χ3v) is 4.44. The first-order chi connectivity index (χ1) is 13.3. The fourth-order valence-corrected chi connectivity index (χ4v) is 2.95. The minimum Gasteiger partial charge on any atom is -0.493 e. The molecule has 2 aromatic carbocycles. The summed E-state index contributed by atoms with van der Waals surface area (Å²) in [5.41, 5.74) is 7.03. The Morgan fingerprint density at radius 1 is 1.11 bits per heavy atom. The van der Waals surface area contributed by atoms with Gasteiger partial charge in [0.2, 0.25) is 5.95 Å². The van der Waals surface area contributed by atoms with Gasteiger partial charge in [-0.1, -0.05) is 50.8 Å². The Bertz CT molecular complexity index is 885. The number of anilines is 1. The number of unbranched alkanes of at least 4 members (excludes halogenated alkanes) is 4. The number of rotatable bonds is 10. The Morgan fingerprint density at radius 3 is 2.85 bits per heavy atom. The lowest BCUT2D eigenvalue weighted by Gasteiger charge is -2.08. The van der Waals surface area contributed by atoms with Gasteiger partial charge in [0.15, 0.2) is 0 Å². The quantitative estimate of drug-likeness (QED) is 0.277. The number of aryl methyl sites for hydroxylation is 1. The van der Waals surface area contributed by atoms with Crippen LogP contribution in [0.3, 0.4) is 0 Å². The first-order valence-corrected chi connectivity index (χ1v) is 9.73. The SMILES string of the molecule is CCCCCCCOc1ccccc1/C=N\Nc1nc2ccc(C)cc2[nH]1. The second-order valence-electron chi connectivity index (χ2n) is 6.78. The van der Waals surface area contributed by atoms with Gasteiger partial charge in [-0.3, -0.25) is 0 Å². The average molecular weight is 364 g/mol. The van der Waals surface area contributed by atoms with Gasteiger partial charge in [-0.05, 0) is 43.2 Å². The van der Waals surface area contributed by atoms with Gasteiger partial charge < -0.3 is 9.72 Å². The highest BCUT2D eigenvalue weighted by molar-refractivity contribution is 5.84. The van der Waals surface area contributed by atoms with Crippen LogP contribution in [0.1, 0.15) is 50.2 Å². The number of H-pyrrole nitrogens is 1. The number of benzene rings is 2. The number of fused-ring (bicyclic) bond motifs is 1. The lowest BCUT2D eigenvalue weighted by Crippen LogP contribution is -2.00. The predicted molar refractivity (Wildman–Crippen MR) is 113 cm³/mol. The highest BCUT2D eigenvalue weighted by atomic mass is 16.5. The summed E-state index contributed by atoms with van der Waals surface area (Å²) in [6, 6.07) is 14.1. The molecule has 0 aliphatic rings. The molecule has 142 valence electrons. The fourth-order valence-electron chi connectivity index (χ4n) is 2.95. The van der Waals surface area contributed by atoms with Crippen molar-refractivity contribution >= 4 is 23.2 Å². The maximum absolute atomic E-state index is 5.94. The highest BCUT2D eigenvalue weighted by Crippen LogP contribution is 2.18. The van der Waals surface area contributed by atoms with Crippen molar-refractivity contribution < 1.29 is 4.74 Å². The molecule has 0 aliphatic carbocycles. The molecule has 2 N–H and O–H groups in total. The van der Waals surface area contributed by atoms with Crippen LogP contribution in [-0.4, -0.2) is 22.8 Å². The van der Waals surface area contributed by atoms with E-state index in [-0.39, 0.29) is 0 Å². The van der Waals surface area contributed by atoms with Crippen LogP contribution >= 0.6 is 0 Å². The number of hydrogen-bond donors (Lipinski definition) is 2. The zero-order valence-corrected chi connectivity index (χ0v) is 16.2. The van der Waals surface area contributed by atoms with Crippen LogP contribution in [0.5, 0.6) is 5.75 Å². The van der Waals surface area contributed by atoms with E-state index in [1.807, 2.05) is 36.4 Å². The van der Waals surface area contributed by atoms with E-state index in [1.54, 1.807) is 6.21 Å². The largest absolute Gasteiger partial charge is 0.493 e. The molecule has 0 bridgehead atoms. The monoisotopic (exact) mass is 364 g/mol. The second-order valence-corrected chi connectivity index (χ2v) is 6.78. The maximum atomic E-state index is 5.94. The molecule has 0 saturated heterocycles. The normalized spacial score (nSPS) is 11.3. The zero-order chi connectivity index (χ0) is 18.9. The van der Waals surface area contributed by atoms with Gasteiger partial charge in [-0.15, -0.1) is 0 Å². The van der Waals surface area contributed by atoms with Crippen molar-refractivity contribution in [2.75, 3.05) is 12.0 Å². The first-order valence-electron chi connectivity index (χ1n) is 9.73. The van der Waals surface area contributed by atoms with Crippen molar-refractivity contribution in [1.29, 1.82) is 0 Å². The number of nitrogens with one attached hydrogen (secondary N) is 2. The van der Waals surface area contributed by atoms with Gasteiger partial charge in [-0.2, -0.15) is 5.10 Å². The van der Waals surface area contributed by atoms with Crippen LogP contribution in [0.25, 0.3) is 11.0 Å². The summed E-state index contributed by atoms with van der Waals surface area (Å²) in [6.45, 7) is 5.03. The van der Waals surface area contributed by atoms with E-state index in [9.17, 15) is 0 Å². The van der Waals surface area contributed by atoms with Gasteiger partial charge >= 0.3 is 0 Å². The average Bonchev–Trinajstić information content (AvgIpc) is 3.07. The first kappa shape index (κ1) is 19.0. The summed E-state index contributed by atoms with van der Waals surface area (Å²) >= 11 is 0. The standard InChI is InChI=1S/C22H28N4O/c1-3-4-5-6-9-14-27-21-11-8-7-10-18(21)16-23-26-22-24-19-13-12-17(2)15-20(19)25-22/h7-8,10-13,15-16H,3-6,9,14H2,1-2H3,(H2,24,25,26)/b23-16-. The minimum atomic E-state index is 0.626. The second kappa shape index (κ2) is 9.76. The molecule has 1 heterocycles. The van der Waals surface area contributed by atoms with Crippen LogP contribution in [0, 0.1) is 6.92 Å². The summed E-state index contributed by atoms with van der Waals surface area (Å²) in [7, 11) is 0. The van der Waals surface area contributed by atoms with E-state index in [0.717, 1.165) is 35.4 Å². The summed E-state index contributed by atoms with van der Waals surface area (Å²) < 4.78 is 5.94. The zero-order valence-electron chi connectivity index (χ0n) is 16.2. The number of nitrogens with zero attached hydrogens (tertiary/aromatic N) is 2. The molecular weight excluding hydrogens is 336 g/mol. The van der Waals surface area contributed by atoms with Crippen LogP contribution in [0.15, 0.2) is 47.6 Å². The summed E-state index contributed by atoms with van der Waals surface area (Å²) in [5.74, 6) is 1.49. The third-order valence-electron chi connectivity index (χ3n) is 4.44. The minimum absolute atomic E-state index is 0.626. The molecule has 0 atom stereocenters. The van der Waals surface area contributed by atoms with Crippen LogP contribution in [-0.2, 0) is 0 Å². The van der Waals surface area contributed by atoms with E-state index in [0.29, 0.717) is 5.95 Å². The molecule has 3 rings (SSSR count). The van der Waals surface area contributed by atoms with E-state index in [2.05, 4.69) is 40.4 Å². The molecule has 0 spiro atoms.